The van der Waals surface area contributed by atoms with Crippen LogP contribution in [0.15, 0.2) is 4.79 Å². The predicted molar refractivity (Wildman–Crippen MR) is 68.5 cm³/mol. The lowest BCUT2D eigenvalue weighted by Crippen LogP contribution is -2.42. The van der Waals surface area contributed by atoms with Crippen LogP contribution < -0.4 is 10.9 Å². The Morgan fingerprint density at radius 1 is 1.50 bits per heavy atom. The minimum atomic E-state index is -1.20. The van der Waals surface area contributed by atoms with Gasteiger partial charge in [-0.05, 0) is 27.7 Å². The molecule has 1 rings (SSSR count). The number of aromatic nitrogens is 2. The number of rotatable bonds is 5. The fourth-order valence-electron chi connectivity index (χ4n) is 1.78. The highest BCUT2D eigenvalue weighted by Gasteiger charge is 2.21. The first kappa shape index (κ1) is 14.8. The Morgan fingerprint density at radius 2 is 2.11 bits per heavy atom. The summed E-state index contributed by atoms with van der Waals surface area (Å²) < 4.78 is 0. The summed E-state index contributed by atoms with van der Waals surface area (Å²) in [6.07, 6.45) is 0. The van der Waals surface area contributed by atoms with Crippen molar-refractivity contribution in [3.8, 4) is 0 Å². The molecule has 2 unspecified atom stereocenters. The maximum atomic E-state index is 11.8. The molecular weight excluding hydrogens is 234 g/mol. The largest absolute Gasteiger partial charge is 0.393 e. The number of hydrogen-bond acceptors (Lipinski definition) is 5. The van der Waals surface area contributed by atoms with E-state index in [9.17, 15) is 9.90 Å². The first-order valence-electron chi connectivity index (χ1n) is 5.91. The van der Waals surface area contributed by atoms with Gasteiger partial charge in [0.25, 0.3) is 5.56 Å². The first-order chi connectivity index (χ1) is 8.26. The summed E-state index contributed by atoms with van der Waals surface area (Å²) in [5.74, 6) is 0.579. The third-order valence-electron chi connectivity index (χ3n) is 2.83. The number of H-pyrrole nitrogens is 1. The van der Waals surface area contributed by atoms with E-state index in [-0.39, 0.29) is 24.8 Å². The molecule has 6 nitrogen and oxygen atoms in total. The van der Waals surface area contributed by atoms with E-state index in [0.29, 0.717) is 17.1 Å². The zero-order valence-electron chi connectivity index (χ0n) is 11.2. The molecule has 0 saturated carbocycles. The first-order valence-corrected chi connectivity index (χ1v) is 5.91. The molecule has 0 aliphatic carbocycles. The molecule has 2 atom stereocenters. The van der Waals surface area contributed by atoms with Crippen LogP contribution in [0.3, 0.4) is 0 Å². The van der Waals surface area contributed by atoms with Crippen molar-refractivity contribution in [1.82, 2.24) is 15.3 Å². The van der Waals surface area contributed by atoms with Crippen molar-refractivity contribution in [2.45, 2.75) is 39.3 Å². The summed E-state index contributed by atoms with van der Waals surface area (Å²) in [6.45, 7) is 6.71. The highest BCUT2D eigenvalue weighted by molar-refractivity contribution is 5.20. The van der Waals surface area contributed by atoms with E-state index in [0.717, 1.165) is 0 Å². The van der Waals surface area contributed by atoms with E-state index in [1.165, 1.54) is 6.92 Å². The number of aliphatic hydroxyl groups excluding tert-OH is 1. The minimum Gasteiger partial charge on any atom is -0.393 e. The van der Waals surface area contributed by atoms with Gasteiger partial charge in [0.2, 0.25) is 0 Å². The maximum Gasteiger partial charge on any atom is 0.255 e. The van der Waals surface area contributed by atoms with Gasteiger partial charge in [0.1, 0.15) is 5.82 Å². The molecule has 6 heteroatoms. The molecule has 0 aliphatic rings. The van der Waals surface area contributed by atoms with Crippen molar-refractivity contribution in [3.05, 3.63) is 27.4 Å². The molecule has 4 N–H and O–H groups in total. The molecular formula is C12H21N3O3. The summed E-state index contributed by atoms with van der Waals surface area (Å²) in [6, 6.07) is -0.250. The van der Waals surface area contributed by atoms with Crippen LogP contribution in [0.5, 0.6) is 0 Å². The van der Waals surface area contributed by atoms with Crippen LogP contribution in [0, 0.1) is 13.8 Å². The Bertz CT molecular complexity index is 468. The molecule has 0 saturated heterocycles. The molecule has 0 amide bonds. The van der Waals surface area contributed by atoms with Gasteiger partial charge >= 0.3 is 0 Å². The average molecular weight is 255 g/mol. The highest BCUT2D eigenvalue weighted by atomic mass is 16.3. The van der Waals surface area contributed by atoms with Gasteiger partial charge in [-0.3, -0.25) is 4.79 Å². The third kappa shape index (κ3) is 3.63. The number of nitrogens with one attached hydrogen (secondary N) is 2. The molecule has 0 radical (unpaired) electrons. The van der Waals surface area contributed by atoms with Crippen LogP contribution in [0.4, 0.5) is 0 Å². The Hall–Kier alpha value is -1.24. The number of aromatic amines is 1. The summed E-state index contributed by atoms with van der Waals surface area (Å²) >= 11 is 0. The summed E-state index contributed by atoms with van der Waals surface area (Å²) in [5.41, 5.74) is -0.162. The highest BCUT2D eigenvalue weighted by Crippen LogP contribution is 2.12. The van der Waals surface area contributed by atoms with Gasteiger partial charge in [-0.2, -0.15) is 0 Å². The molecule has 1 aromatic rings. The molecule has 0 aromatic carbocycles. The number of aryl methyl sites for hydroxylation is 2. The Labute approximate surface area is 106 Å². The van der Waals surface area contributed by atoms with Crippen molar-refractivity contribution in [2.24, 2.45) is 0 Å². The van der Waals surface area contributed by atoms with Crippen molar-refractivity contribution >= 4 is 0 Å². The van der Waals surface area contributed by atoms with Gasteiger partial charge in [-0.25, -0.2) is 4.98 Å². The second-order valence-corrected chi connectivity index (χ2v) is 4.91. The van der Waals surface area contributed by atoms with Crippen LogP contribution in [0.1, 0.15) is 37.0 Å². The molecule has 1 aromatic heterocycles. The summed E-state index contributed by atoms with van der Waals surface area (Å²) in [4.78, 5) is 18.7. The van der Waals surface area contributed by atoms with Crippen molar-refractivity contribution < 1.29 is 10.2 Å². The third-order valence-corrected chi connectivity index (χ3v) is 2.83. The van der Waals surface area contributed by atoms with Gasteiger partial charge in [0, 0.05) is 18.3 Å². The monoisotopic (exact) mass is 255 g/mol. The van der Waals surface area contributed by atoms with Gasteiger partial charge in [-0.1, -0.05) is 0 Å². The van der Waals surface area contributed by atoms with Gasteiger partial charge in [-0.15, -0.1) is 0 Å². The molecule has 102 valence electrons. The van der Waals surface area contributed by atoms with Gasteiger partial charge in [0.05, 0.1) is 17.8 Å². The van der Waals surface area contributed by atoms with E-state index in [1.54, 1.807) is 13.8 Å². The quantitative estimate of drug-likeness (QED) is 0.583. The van der Waals surface area contributed by atoms with Gasteiger partial charge in [0.15, 0.2) is 0 Å². The van der Waals surface area contributed by atoms with Crippen LogP contribution in [-0.2, 0) is 0 Å². The van der Waals surface area contributed by atoms with Gasteiger partial charge < -0.3 is 20.5 Å². The lowest BCUT2D eigenvalue weighted by atomic mass is 10.1. The second-order valence-electron chi connectivity index (χ2n) is 4.91. The second kappa shape index (κ2) is 5.60. The van der Waals surface area contributed by atoms with E-state index in [2.05, 4.69) is 15.3 Å². The zero-order valence-corrected chi connectivity index (χ0v) is 11.2. The Morgan fingerprint density at radius 3 is 2.61 bits per heavy atom. The number of hydrogen-bond donors (Lipinski definition) is 4. The zero-order chi connectivity index (χ0) is 13.9. The number of nitrogens with zero attached hydrogens (tertiary/aromatic N) is 1. The van der Waals surface area contributed by atoms with E-state index < -0.39 is 5.60 Å². The number of aliphatic hydroxyl groups is 2. The summed E-state index contributed by atoms with van der Waals surface area (Å²) in [5, 5.41) is 21.7. The fraction of sp³-hybridized carbons (Fsp3) is 0.667. The molecule has 18 heavy (non-hydrogen) atoms. The van der Waals surface area contributed by atoms with Crippen molar-refractivity contribution in [3.63, 3.8) is 0 Å². The molecule has 0 bridgehead atoms. The SMILES string of the molecule is Cc1nc(C)c(C(C)NCC(C)(O)CO)c(=O)[nH]1. The van der Waals surface area contributed by atoms with E-state index in [1.807, 2.05) is 6.92 Å². The summed E-state index contributed by atoms with van der Waals surface area (Å²) in [7, 11) is 0. The average Bonchev–Trinajstić information content (AvgIpc) is 2.25. The van der Waals surface area contributed by atoms with Crippen molar-refractivity contribution in [1.29, 1.82) is 0 Å². The van der Waals surface area contributed by atoms with E-state index in [4.69, 9.17) is 5.11 Å². The minimum absolute atomic E-state index is 0.177. The smallest absolute Gasteiger partial charge is 0.255 e. The Kier molecular flexibility index (Phi) is 4.61. The topological polar surface area (TPSA) is 98.2 Å². The normalized spacial score (nSPS) is 16.3. The standard InChI is InChI=1S/C12H21N3O3/c1-7(13-5-12(4,18)6-16)10-8(2)14-9(3)15-11(10)17/h7,13,16,18H,5-6H2,1-4H3,(H,14,15,17). The van der Waals surface area contributed by atoms with Crippen LogP contribution in [0.25, 0.3) is 0 Å². The molecule has 0 spiro atoms. The van der Waals surface area contributed by atoms with Crippen LogP contribution in [-0.4, -0.2) is 38.9 Å². The Balaban J connectivity index is 2.86. The fourth-order valence-corrected chi connectivity index (χ4v) is 1.78. The maximum absolute atomic E-state index is 11.8. The lowest BCUT2D eigenvalue weighted by Gasteiger charge is -2.24. The molecule has 0 fully saturated rings. The molecule has 1 heterocycles. The predicted octanol–water partition coefficient (Wildman–Crippen LogP) is -0.219. The van der Waals surface area contributed by atoms with E-state index >= 15 is 0 Å². The van der Waals surface area contributed by atoms with Crippen molar-refractivity contribution in [2.75, 3.05) is 13.2 Å². The van der Waals surface area contributed by atoms with Crippen LogP contribution >= 0.6 is 0 Å². The van der Waals surface area contributed by atoms with Crippen LogP contribution in [0.2, 0.25) is 0 Å². The molecule has 0 aliphatic heterocycles. The lowest BCUT2D eigenvalue weighted by molar-refractivity contribution is 0.00101.